The molecule has 1 aliphatic heterocycles. The number of amides is 1. The molecule has 3 aromatic rings. The number of carbonyl (C=O) groups excluding carboxylic acids is 1. The van der Waals surface area contributed by atoms with Gasteiger partial charge in [-0.15, -0.1) is 0 Å². The van der Waals surface area contributed by atoms with Crippen LogP contribution in [0.2, 0.25) is 0 Å². The van der Waals surface area contributed by atoms with Gasteiger partial charge in [0.2, 0.25) is 0 Å². The van der Waals surface area contributed by atoms with E-state index in [1.807, 2.05) is 0 Å². The molecular formula is C20H18F4N4O3. The number of nitrogens with one attached hydrogen (secondary N) is 1. The molecule has 1 saturated heterocycles. The zero-order valence-corrected chi connectivity index (χ0v) is 16.1. The minimum absolute atomic E-state index is 0.0247. The molecule has 164 valence electrons. The Balaban J connectivity index is 1.66. The van der Waals surface area contributed by atoms with Gasteiger partial charge in [0.05, 0.1) is 11.3 Å². The summed E-state index contributed by atoms with van der Waals surface area (Å²) in [6.45, 7) is -1.95. The predicted octanol–water partition coefficient (Wildman–Crippen LogP) is 4.41. The maximum Gasteiger partial charge on any atom is 0.387 e. The molecule has 0 spiro atoms. The maximum atomic E-state index is 13.0. The molecule has 0 aromatic carbocycles. The Morgan fingerprint density at radius 1 is 1.16 bits per heavy atom. The van der Waals surface area contributed by atoms with Crippen LogP contribution in [-0.2, 0) is 4.74 Å². The van der Waals surface area contributed by atoms with E-state index in [0.717, 1.165) is 25.0 Å². The summed E-state index contributed by atoms with van der Waals surface area (Å²) in [5, 5.41) is 2.39. The normalized spacial score (nSPS) is 15.0. The first-order valence-corrected chi connectivity index (χ1v) is 9.52. The van der Waals surface area contributed by atoms with Crippen molar-refractivity contribution < 1.29 is 31.8 Å². The lowest BCUT2D eigenvalue weighted by Crippen LogP contribution is -2.15. The number of imidazole rings is 1. The van der Waals surface area contributed by atoms with Crippen molar-refractivity contribution in [1.29, 1.82) is 0 Å². The number of fused-ring (bicyclic) bond motifs is 1. The molecule has 11 heteroatoms. The smallest absolute Gasteiger partial charge is 0.387 e. The first kappa shape index (κ1) is 21.0. The molecule has 0 aliphatic carbocycles. The molecular weight excluding hydrogens is 420 g/mol. The third-order valence-corrected chi connectivity index (χ3v) is 4.89. The molecule has 4 heterocycles. The van der Waals surface area contributed by atoms with Gasteiger partial charge >= 0.3 is 6.61 Å². The summed E-state index contributed by atoms with van der Waals surface area (Å²) in [5.41, 5.74) is 0.316. The molecule has 3 aromatic heterocycles. The molecule has 1 aliphatic rings. The fraction of sp³-hybridized carbons (Fsp3) is 0.350. The van der Waals surface area contributed by atoms with E-state index in [1.165, 1.54) is 22.7 Å². The van der Waals surface area contributed by atoms with Crippen molar-refractivity contribution >= 4 is 17.4 Å². The molecule has 1 amide bonds. The standard InChI is InChI=1S/C20H18F4N4O3/c21-17(22)13-2-1-3-16(25-13)27-19(29)12-8-15(31-20(23)24)18-26-14(10-28(18)9-12)11-4-6-30-7-5-11/h1-3,8-11,17,20H,4-7H2,(H,25,27,29). The number of hydrogen-bond donors (Lipinski definition) is 1. The largest absolute Gasteiger partial charge is 0.431 e. The number of nitrogens with zero attached hydrogens (tertiary/aromatic N) is 3. The van der Waals surface area contributed by atoms with Crippen LogP contribution in [0.1, 0.15) is 46.9 Å². The molecule has 1 N–H and O–H groups in total. The average molecular weight is 438 g/mol. The average Bonchev–Trinajstić information content (AvgIpc) is 3.19. The number of anilines is 1. The molecule has 0 radical (unpaired) electrons. The Labute approximate surface area is 174 Å². The zero-order chi connectivity index (χ0) is 22.0. The Hall–Kier alpha value is -3.21. The summed E-state index contributed by atoms with van der Waals surface area (Å²) in [5.74, 6) is -0.976. The van der Waals surface area contributed by atoms with Gasteiger partial charge in [0.15, 0.2) is 11.4 Å². The van der Waals surface area contributed by atoms with Gasteiger partial charge in [-0.05, 0) is 31.0 Å². The lowest BCUT2D eigenvalue weighted by molar-refractivity contribution is -0.0492. The van der Waals surface area contributed by atoms with Crippen LogP contribution in [-0.4, -0.2) is 40.1 Å². The van der Waals surface area contributed by atoms with Gasteiger partial charge < -0.3 is 19.2 Å². The van der Waals surface area contributed by atoms with Crippen LogP contribution in [0.4, 0.5) is 23.4 Å². The predicted molar refractivity (Wildman–Crippen MR) is 102 cm³/mol. The Morgan fingerprint density at radius 3 is 2.65 bits per heavy atom. The van der Waals surface area contributed by atoms with E-state index in [9.17, 15) is 22.4 Å². The topological polar surface area (TPSA) is 77.8 Å². The Bertz CT molecular complexity index is 1080. The van der Waals surface area contributed by atoms with Crippen LogP contribution in [0.15, 0.2) is 36.7 Å². The third kappa shape index (κ3) is 4.76. The number of aromatic nitrogens is 3. The van der Waals surface area contributed by atoms with Gasteiger partial charge in [0, 0.05) is 31.5 Å². The van der Waals surface area contributed by atoms with Crippen LogP contribution < -0.4 is 10.1 Å². The van der Waals surface area contributed by atoms with Crippen molar-refractivity contribution in [3.8, 4) is 5.75 Å². The van der Waals surface area contributed by atoms with Gasteiger partial charge in [-0.1, -0.05) is 6.07 Å². The molecule has 31 heavy (non-hydrogen) atoms. The minimum Gasteiger partial charge on any atom is -0.431 e. The highest BCUT2D eigenvalue weighted by molar-refractivity contribution is 6.04. The molecule has 1 fully saturated rings. The highest BCUT2D eigenvalue weighted by Gasteiger charge is 2.22. The van der Waals surface area contributed by atoms with Crippen molar-refractivity contribution in [2.24, 2.45) is 0 Å². The van der Waals surface area contributed by atoms with Gasteiger partial charge in [-0.3, -0.25) is 4.79 Å². The fourth-order valence-electron chi connectivity index (χ4n) is 3.41. The van der Waals surface area contributed by atoms with Gasteiger partial charge in [0.1, 0.15) is 11.5 Å². The zero-order valence-electron chi connectivity index (χ0n) is 16.1. The third-order valence-electron chi connectivity index (χ3n) is 4.89. The van der Waals surface area contributed by atoms with Crippen LogP contribution in [0.3, 0.4) is 0 Å². The summed E-state index contributed by atoms with van der Waals surface area (Å²) in [7, 11) is 0. The molecule has 0 unspecified atom stereocenters. The van der Waals surface area contributed by atoms with Crippen molar-refractivity contribution in [2.75, 3.05) is 18.5 Å². The lowest BCUT2D eigenvalue weighted by Gasteiger charge is -2.19. The highest BCUT2D eigenvalue weighted by Crippen LogP contribution is 2.30. The summed E-state index contributed by atoms with van der Waals surface area (Å²) < 4.78 is 62.9. The lowest BCUT2D eigenvalue weighted by atomic mass is 9.97. The molecule has 0 saturated carbocycles. The van der Waals surface area contributed by atoms with Crippen molar-refractivity contribution in [1.82, 2.24) is 14.4 Å². The summed E-state index contributed by atoms with van der Waals surface area (Å²) in [6, 6.07) is 4.94. The van der Waals surface area contributed by atoms with E-state index in [0.29, 0.717) is 18.9 Å². The fourth-order valence-corrected chi connectivity index (χ4v) is 3.41. The van der Waals surface area contributed by atoms with Crippen LogP contribution >= 0.6 is 0 Å². The number of rotatable bonds is 6. The number of alkyl halides is 4. The number of carbonyl (C=O) groups is 1. The summed E-state index contributed by atoms with van der Waals surface area (Å²) in [6.07, 6.45) is 1.77. The van der Waals surface area contributed by atoms with Gasteiger partial charge in [-0.25, -0.2) is 18.7 Å². The quantitative estimate of drug-likeness (QED) is 0.577. The minimum atomic E-state index is -3.12. The second kappa shape index (κ2) is 8.88. The second-order valence-electron chi connectivity index (χ2n) is 6.96. The molecule has 7 nitrogen and oxygen atoms in total. The van der Waals surface area contributed by atoms with Crippen LogP contribution in [0.25, 0.3) is 5.65 Å². The van der Waals surface area contributed by atoms with Crippen LogP contribution in [0, 0.1) is 0 Å². The number of halogens is 4. The first-order valence-electron chi connectivity index (χ1n) is 9.52. The second-order valence-corrected chi connectivity index (χ2v) is 6.96. The Kier molecular flexibility index (Phi) is 6.03. The Morgan fingerprint density at radius 2 is 1.94 bits per heavy atom. The number of hydrogen-bond acceptors (Lipinski definition) is 5. The molecule has 4 rings (SSSR count). The van der Waals surface area contributed by atoms with E-state index < -0.39 is 24.6 Å². The SMILES string of the molecule is O=C(Nc1cccc(C(F)F)n1)c1cc(OC(F)F)c2nc(C3CCOCC3)cn2c1. The first-order chi connectivity index (χ1) is 14.9. The summed E-state index contributed by atoms with van der Waals surface area (Å²) >= 11 is 0. The van der Waals surface area contributed by atoms with E-state index in [1.54, 1.807) is 6.20 Å². The van der Waals surface area contributed by atoms with E-state index in [2.05, 4.69) is 20.0 Å². The van der Waals surface area contributed by atoms with Crippen molar-refractivity contribution in [3.05, 3.63) is 53.6 Å². The van der Waals surface area contributed by atoms with Crippen LogP contribution in [0.5, 0.6) is 5.75 Å². The number of ether oxygens (including phenoxy) is 2. The van der Waals surface area contributed by atoms with Crippen molar-refractivity contribution in [2.45, 2.75) is 31.8 Å². The maximum absolute atomic E-state index is 13.0. The van der Waals surface area contributed by atoms with E-state index in [4.69, 9.17) is 4.74 Å². The highest BCUT2D eigenvalue weighted by atomic mass is 19.3. The molecule has 0 atom stereocenters. The summed E-state index contributed by atoms with van der Waals surface area (Å²) in [4.78, 5) is 20.8. The van der Waals surface area contributed by atoms with E-state index >= 15 is 0 Å². The monoisotopic (exact) mass is 438 g/mol. The van der Waals surface area contributed by atoms with E-state index in [-0.39, 0.29) is 28.7 Å². The number of pyridine rings is 2. The van der Waals surface area contributed by atoms with Crippen molar-refractivity contribution in [3.63, 3.8) is 0 Å². The molecule has 0 bridgehead atoms. The van der Waals surface area contributed by atoms with Gasteiger partial charge in [-0.2, -0.15) is 8.78 Å². The van der Waals surface area contributed by atoms with Gasteiger partial charge in [0.25, 0.3) is 12.3 Å².